The zero-order valence-electron chi connectivity index (χ0n) is 10.1. The van der Waals surface area contributed by atoms with E-state index in [9.17, 15) is 13.2 Å². The highest BCUT2D eigenvalue weighted by Gasteiger charge is 2.51. The first-order valence-corrected chi connectivity index (χ1v) is 7.40. The van der Waals surface area contributed by atoms with Gasteiger partial charge in [-0.1, -0.05) is 0 Å². The highest BCUT2D eigenvalue weighted by atomic mass is 32.2. The number of sulfone groups is 1. The Hall–Kier alpha value is -1.51. The summed E-state index contributed by atoms with van der Waals surface area (Å²) in [5, 5.41) is 19.0. The van der Waals surface area contributed by atoms with Crippen LogP contribution in [0.1, 0.15) is 30.8 Å². The second-order valence-electron chi connectivity index (χ2n) is 4.75. The summed E-state index contributed by atoms with van der Waals surface area (Å²) in [4.78, 5) is 11.1. The Morgan fingerprint density at radius 3 is 2.61 bits per heavy atom. The molecule has 1 aromatic heterocycles. The molecule has 0 saturated heterocycles. The number of nitrogens with zero attached hydrogens (tertiary/aromatic N) is 4. The van der Waals surface area contributed by atoms with Crippen molar-refractivity contribution in [2.75, 3.05) is 6.26 Å². The van der Waals surface area contributed by atoms with Crippen LogP contribution in [0.5, 0.6) is 0 Å². The van der Waals surface area contributed by atoms with Crippen molar-refractivity contribution in [2.45, 2.75) is 31.6 Å². The van der Waals surface area contributed by atoms with Crippen molar-refractivity contribution in [2.24, 2.45) is 5.41 Å². The number of hydrogen-bond acceptors (Lipinski definition) is 6. The summed E-state index contributed by atoms with van der Waals surface area (Å²) in [5.74, 6) is -0.707. The van der Waals surface area contributed by atoms with E-state index >= 15 is 0 Å². The zero-order valence-corrected chi connectivity index (χ0v) is 10.9. The zero-order chi connectivity index (χ0) is 13.6. The Labute approximate surface area is 104 Å². The number of carboxylic acids is 1. The van der Waals surface area contributed by atoms with Gasteiger partial charge < -0.3 is 5.11 Å². The lowest BCUT2D eigenvalue weighted by Gasteiger charge is -2.13. The summed E-state index contributed by atoms with van der Waals surface area (Å²) in [5.41, 5.74) is -0.832. The summed E-state index contributed by atoms with van der Waals surface area (Å²) >= 11 is 0. The molecule has 0 spiro atoms. The summed E-state index contributed by atoms with van der Waals surface area (Å²) in [6.45, 7) is 1.60. The molecule has 2 rings (SSSR count). The summed E-state index contributed by atoms with van der Waals surface area (Å²) in [7, 11) is -3.31. The van der Waals surface area contributed by atoms with E-state index in [1.165, 1.54) is 11.6 Å². The summed E-state index contributed by atoms with van der Waals surface area (Å²) in [6, 6.07) is 0. The van der Waals surface area contributed by atoms with E-state index in [4.69, 9.17) is 5.11 Å². The molecule has 1 N–H and O–H groups in total. The van der Waals surface area contributed by atoms with Crippen LogP contribution in [0.2, 0.25) is 0 Å². The molecule has 0 amide bonds. The quantitative estimate of drug-likeness (QED) is 0.779. The fraction of sp³-hybridized carbons (Fsp3) is 0.778. The maximum Gasteiger partial charge on any atom is 0.311 e. The molecule has 1 aliphatic carbocycles. The Morgan fingerprint density at radius 1 is 1.56 bits per heavy atom. The molecule has 1 fully saturated rings. The third-order valence-electron chi connectivity index (χ3n) is 3.33. The minimum atomic E-state index is -3.31. The molecule has 0 aliphatic heterocycles. The lowest BCUT2D eigenvalue weighted by molar-refractivity contribution is -0.144. The van der Waals surface area contributed by atoms with Crippen LogP contribution in [0.25, 0.3) is 0 Å². The number of rotatable bonds is 5. The van der Waals surface area contributed by atoms with E-state index in [-0.39, 0.29) is 12.4 Å². The van der Waals surface area contributed by atoms with E-state index in [1.807, 2.05) is 0 Å². The molecule has 9 heteroatoms. The third-order valence-corrected chi connectivity index (χ3v) is 4.82. The van der Waals surface area contributed by atoms with Crippen molar-refractivity contribution in [1.29, 1.82) is 0 Å². The van der Waals surface area contributed by atoms with Crippen LogP contribution in [-0.4, -0.2) is 46.0 Å². The SMILES string of the molecule is CC(c1nnnn1CC1(C(=O)O)CC1)S(C)(=O)=O. The number of aliphatic carboxylic acids is 1. The van der Waals surface area contributed by atoms with Gasteiger partial charge >= 0.3 is 5.97 Å². The van der Waals surface area contributed by atoms with Gasteiger partial charge in [0.25, 0.3) is 0 Å². The lowest BCUT2D eigenvalue weighted by Crippen LogP contribution is -2.25. The number of tetrazole rings is 1. The van der Waals surface area contributed by atoms with Gasteiger partial charge in [-0.05, 0) is 30.2 Å². The van der Waals surface area contributed by atoms with E-state index in [0.29, 0.717) is 12.8 Å². The molecule has 100 valence electrons. The van der Waals surface area contributed by atoms with Crippen molar-refractivity contribution in [3.05, 3.63) is 5.82 Å². The van der Waals surface area contributed by atoms with Crippen LogP contribution < -0.4 is 0 Å². The average molecular weight is 274 g/mol. The van der Waals surface area contributed by atoms with E-state index in [2.05, 4.69) is 15.5 Å². The van der Waals surface area contributed by atoms with Crippen molar-refractivity contribution >= 4 is 15.8 Å². The second-order valence-corrected chi connectivity index (χ2v) is 7.12. The highest BCUT2D eigenvalue weighted by molar-refractivity contribution is 7.90. The maximum atomic E-state index is 11.5. The molecule has 1 aliphatic rings. The first-order chi connectivity index (χ1) is 8.26. The Kier molecular flexibility index (Phi) is 2.88. The molecule has 0 radical (unpaired) electrons. The molecule has 0 aromatic carbocycles. The van der Waals surface area contributed by atoms with Gasteiger partial charge in [-0.25, -0.2) is 13.1 Å². The molecule has 0 bridgehead atoms. The molecule has 1 unspecified atom stereocenters. The van der Waals surface area contributed by atoms with Gasteiger partial charge in [0.05, 0.1) is 12.0 Å². The Bertz CT molecular complexity index is 575. The standard InChI is InChI=1S/C9H14N4O4S/c1-6(18(2,16)17)7-10-11-12-13(7)5-9(3-4-9)8(14)15/h6H,3-5H2,1-2H3,(H,14,15). The topological polar surface area (TPSA) is 115 Å². The Balaban J connectivity index is 2.27. The van der Waals surface area contributed by atoms with Crippen molar-refractivity contribution in [3.8, 4) is 0 Å². The minimum Gasteiger partial charge on any atom is -0.481 e. The van der Waals surface area contributed by atoms with E-state index < -0.39 is 26.5 Å². The predicted octanol–water partition coefficient (Wildman–Crippen LogP) is -0.357. The normalized spacial score (nSPS) is 19.4. The van der Waals surface area contributed by atoms with Crippen LogP contribution in [0.3, 0.4) is 0 Å². The molecule has 1 saturated carbocycles. The predicted molar refractivity (Wildman–Crippen MR) is 60.4 cm³/mol. The lowest BCUT2D eigenvalue weighted by atomic mass is 10.1. The smallest absolute Gasteiger partial charge is 0.311 e. The Morgan fingerprint density at radius 2 is 2.17 bits per heavy atom. The van der Waals surface area contributed by atoms with Crippen molar-refractivity contribution < 1.29 is 18.3 Å². The molecule has 1 atom stereocenters. The van der Waals surface area contributed by atoms with Gasteiger partial charge in [-0.2, -0.15) is 0 Å². The van der Waals surface area contributed by atoms with Gasteiger partial charge in [0.2, 0.25) is 0 Å². The average Bonchev–Trinajstić information content (AvgIpc) is 2.88. The first-order valence-electron chi connectivity index (χ1n) is 5.45. The van der Waals surface area contributed by atoms with Crippen LogP contribution in [0, 0.1) is 5.41 Å². The molecule has 18 heavy (non-hydrogen) atoms. The van der Waals surface area contributed by atoms with Crippen LogP contribution in [0.15, 0.2) is 0 Å². The second kappa shape index (κ2) is 4.01. The number of carboxylic acid groups (broad SMARTS) is 1. The fourth-order valence-corrected chi connectivity index (χ4v) is 2.24. The highest BCUT2D eigenvalue weighted by Crippen LogP contribution is 2.47. The van der Waals surface area contributed by atoms with Gasteiger partial charge in [-0.15, -0.1) is 5.10 Å². The number of hydrogen-bond donors (Lipinski definition) is 1. The first kappa shape index (κ1) is 12.9. The summed E-state index contributed by atoms with van der Waals surface area (Å²) in [6.07, 6.45) is 2.23. The largest absolute Gasteiger partial charge is 0.481 e. The van der Waals surface area contributed by atoms with Crippen LogP contribution in [-0.2, 0) is 21.2 Å². The molecule has 1 heterocycles. The number of carbonyl (C=O) groups is 1. The molecule has 8 nitrogen and oxygen atoms in total. The van der Waals surface area contributed by atoms with Gasteiger partial charge in [-0.3, -0.25) is 4.79 Å². The fourth-order valence-electron chi connectivity index (χ4n) is 1.68. The van der Waals surface area contributed by atoms with E-state index in [0.717, 1.165) is 6.26 Å². The van der Waals surface area contributed by atoms with Crippen molar-refractivity contribution in [3.63, 3.8) is 0 Å². The van der Waals surface area contributed by atoms with E-state index in [1.54, 1.807) is 0 Å². The number of aromatic nitrogens is 4. The van der Waals surface area contributed by atoms with Gasteiger partial charge in [0.1, 0.15) is 5.25 Å². The minimum absolute atomic E-state index is 0.116. The maximum absolute atomic E-state index is 11.5. The molecular weight excluding hydrogens is 260 g/mol. The molecular formula is C9H14N4O4S. The van der Waals surface area contributed by atoms with Crippen molar-refractivity contribution in [1.82, 2.24) is 20.2 Å². The molecule has 1 aromatic rings. The van der Waals surface area contributed by atoms with Crippen LogP contribution >= 0.6 is 0 Å². The third kappa shape index (κ3) is 2.22. The van der Waals surface area contributed by atoms with Gasteiger partial charge in [0, 0.05) is 6.26 Å². The summed E-state index contributed by atoms with van der Waals surface area (Å²) < 4.78 is 24.2. The van der Waals surface area contributed by atoms with Gasteiger partial charge in [0.15, 0.2) is 15.7 Å². The van der Waals surface area contributed by atoms with Crippen LogP contribution in [0.4, 0.5) is 0 Å². The monoisotopic (exact) mass is 274 g/mol.